The van der Waals surface area contributed by atoms with Crippen LogP contribution in [0.15, 0.2) is 0 Å². The van der Waals surface area contributed by atoms with Crippen molar-refractivity contribution in [2.75, 3.05) is 25.4 Å². The Labute approximate surface area is 59.0 Å². The molecule has 0 aromatic heterocycles. The van der Waals surface area contributed by atoms with Crippen molar-refractivity contribution >= 4 is 7.92 Å². The Hall–Kier alpha value is 0.390. The zero-order chi connectivity index (χ0) is 6.69. The summed E-state index contributed by atoms with van der Waals surface area (Å²) in [5.74, 6) is 0. The maximum atomic E-state index is 3.39. The van der Waals surface area contributed by atoms with E-state index in [0.717, 1.165) is 5.66 Å². The molecule has 1 fully saturated rings. The fourth-order valence-corrected chi connectivity index (χ4v) is 3.35. The van der Waals surface area contributed by atoms with Crippen LogP contribution in [0.1, 0.15) is 13.8 Å². The van der Waals surface area contributed by atoms with E-state index in [9.17, 15) is 0 Å². The standard InChI is InChI=1S/C7H16NP/c1-7(2)9-5-3-8-4-6-9/h7-8H,3-6H2,1-2H3. The molecule has 0 radical (unpaired) electrons. The number of nitrogens with one attached hydrogen (secondary N) is 1. The minimum Gasteiger partial charge on any atom is -0.316 e. The molecule has 0 aromatic carbocycles. The van der Waals surface area contributed by atoms with Gasteiger partial charge < -0.3 is 5.32 Å². The molecule has 0 aliphatic carbocycles. The lowest BCUT2D eigenvalue weighted by Gasteiger charge is -2.26. The van der Waals surface area contributed by atoms with Gasteiger partial charge in [0.2, 0.25) is 0 Å². The van der Waals surface area contributed by atoms with Crippen LogP contribution in [-0.2, 0) is 0 Å². The molecule has 0 bridgehead atoms. The molecule has 1 nitrogen and oxygen atoms in total. The maximum Gasteiger partial charge on any atom is -0.000925 e. The molecule has 1 rings (SSSR count). The molecule has 1 aliphatic rings. The second-order valence-electron chi connectivity index (χ2n) is 2.88. The van der Waals surface area contributed by atoms with Crippen LogP contribution in [0.2, 0.25) is 0 Å². The second kappa shape index (κ2) is 3.53. The Balaban J connectivity index is 2.23. The van der Waals surface area contributed by atoms with Crippen molar-refractivity contribution in [3.8, 4) is 0 Å². The van der Waals surface area contributed by atoms with Crippen molar-refractivity contribution in [2.45, 2.75) is 19.5 Å². The summed E-state index contributed by atoms with van der Waals surface area (Å²) in [7, 11) is 0.407. The molecule has 2 heteroatoms. The Morgan fingerprint density at radius 2 is 1.78 bits per heavy atom. The van der Waals surface area contributed by atoms with Crippen LogP contribution in [0, 0.1) is 0 Å². The summed E-state index contributed by atoms with van der Waals surface area (Å²) in [4.78, 5) is 0. The van der Waals surface area contributed by atoms with Gasteiger partial charge in [0.25, 0.3) is 0 Å². The van der Waals surface area contributed by atoms with Gasteiger partial charge in [0, 0.05) is 0 Å². The van der Waals surface area contributed by atoms with Crippen LogP contribution >= 0.6 is 7.92 Å². The van der Waals surface area contributed by atoms with Crippen LogP contribution in [0.3, 0.4) is 0 Å². The van der Waals surface area contributed by atoms with E-state index in [1.165, 1.54) is 25.4 Å². The smallest absolute Gasteiger partial charge is 0.000925 e. The molecule has 1 N–H and O–H groups in total. The molecule has 0 aromatic rings. The van der Waals surface area contributed by atoms with Gasteiger partial charge in [-0.25, -0.2) is 0 Å². The predicted molar refractivity (Wildman–Crippen MR) is 44.7 cm³/mol. The first kappa shape index (κ1) is 7.50. The number of hydrogen-bond acceptors (Lipinski definition) is 1. The average molecular weight is 145 g/mol. The quantitative estimate of drug-likeness (QED) is 0.551. The van der Waals surface area contributed by atoms with Gasteiger partial charge >= 0.3 is 0 Å². The Morgan fingerprint density at radius 3 is 2.11 bits per heavy atom. The van der Waals surface area contributed by atoms with Gasteiger partial charge in [-0.15, -0.1) is 7.92 Å². The highest BCUT2D eigenvalue weighted by Gasteiger charge is 2.14. The minimum atomic E-state index is 0.407. The molecular formula is C7H16NP. The summed E-state index contributed by atoms with van der Waals surface area (Å²) in [6.07, 6.45) is 2.90. The average Bonchev–Trinajstić information content (AvgIpc) is 1.90. The van der Waals surface area contributed by atoms with E-state index in [1.807, 2.05) is 0 Å². The zero-order valence-corrected chi connectivity index (χ0v) is 7.25. The third-order valence-corrected chi connectivity index (χ3v) is 4.94. The molecule has 54 valence electrons. The fraction of sp³-hybridized carbons (Fsp3) is 1.00. The van der Waals surface area contributed by atoms with E-state index in [4.69, 9.17) is 0 Å². The largest absolute Gasteiger partial charge is 0.316 e. The van der Waals surface area contributed by atoms with Crippen LogP contribution in [-0.4, -0.2) is 31.1 Å². The summed E-state index contributed by atoms with van der Waals surface area (Å²) in [6.45, 7) is 7.25. The highest BCUT2D eigenvalue weighted by atomic mass is 31.1. The first-order chi connectivity index (χ1) is 4.30. The van der Waals surface area contributed by atoms with Gasteiger partial charge in [-0.05, 0) is 31.1 Å². The Morgan fingerprint density at radius 1 is 1.22 bits per heavy atom. The molecule has 0 spiro atoms. The predicted octanol–water partition coefficient (Wildman–Crippen LogP) is 1.48. The van der Waals surface area contributed by atoms with Crippen molar-refractivity contribution < 1.29 is 0 Å². The number of rotatable bonds is 1. The summed E-state index contributed by atoms with van der Waals surface area (Å²) in [5, 5.41) is 3.39. The molecule has 0 unspecified atom stereocenters. The third kappa shape index (κ3) is 2.23. The van der Waals surface area contributed by atoms with Gasteiger partial charge in [0.15, 0.2) is 0 Å². The first-order valence-corrected chi connectivity index (χ1v) is 5.53. The van der Waals surface area contributed by atoms with Gasteiger partial charge in [-0.3, -0.25) is 0 Å². The van der Waals surface area contributed by atoms with E-state index in [2.05, 4.69) is 19.2 Å². The maximum absolute atomic E-state index is 3.39. The molecule has 0 saturated carbocycles. The van der Waals surface area contributed by atoms with E-state index < -0.39 is 0 Å². The summed E-state index contributed by atoms with van der Waals surface area (Å²) in [6, 6.07) is 0. The molecular weight excluding hydrogens is 129 g/mol. The fourth-order valence-electron chi connectivity index (χ4n) is 1.20. The summed E-state index contributed by atoms with van der Waals surface area (Å²) in [5.41, 5.74) is 0.960. The Bertz CT molecular complexity index is 77.0. The topological polar surface area (TPSA) is 12.0 Å². The van der Waals surface area contributed by atoms with Crippen LogP contribution in [0.5, 0.6) is 0 Å². The molecule has 0 atom stereocenters. The van der Waals surface area contributed by atoms with E-state index in [0.29, 0.717) is 7.92 Å². The monoisotopic (exact) mass is 145 g/mol. The van der Waals surface area contributed by atoms with Crippen molar-refractivity contribution in [1.29, 1.82) is 0 Å². The molecule has 9 heavy (non-hydrogen) atoms. The highest BCUT2D eigenvalue weighted by Crippen LogP contribution is 2.40. The Kier molecular flexibility index (Phi) is 2.94. The molecule has 0 amide bonds. The van der Waals surface area contributed by atoms with E-state index in [-0.39, 0.29) is 0 Å². The van der Waals surface area contributed by atoms with Gasteiger partial charge in [-0.1, -0.05) is 13.8 Å². The SMILES string of the molecule is CC(C)P1CCNCC1. The zero-order valence-electron chi connectivity index (χ0n) is 6.35. The molecule has 1 aliphatic heterocycles. The second-order valence-corrected chi connectivity index (χ2v) is 5.98. The molecule has 1 heterocycles. The van der Waals surface area contributed by atoms with E-state index in [1.54, 1.807) is 0 Å². The van der Waals surface area contributed by atoms with Gasteiger partial charge in [0.1, 0.15) is 0 Å². The van der Waals surface area contributed by atoms with Crippen LogP contribution in [0.25, 0.3) is 0 Å². The highest BCUT2D eigenvalue weighted by molar-refractivity contribution is 7.58. The summed E-state index contributed by atoms with van der Waals surface area (Å²) < 4.78 is 0. The van der Waals surface area contributed by atoms with Crippen molar-refractivity contribution in [2.24, 2.45) is 0 Å². The lowest BCUT2D eigenvalue weighted by Crippen LogP contribution is -2.28. The molecule has 1 saturated heterocycles. The minimum absolute atomic E-state index is 0.407. The van der Waals surface area contributed by atoms with E-state index >= 15 is 0 Å². The van der Waals surface area contributed by atoms with Gasteiger partial charge in [0.05, 0.1) is 0 Å². The van der Waals surface area contributed by atoms with Crippen molar-refractivity contribution in [1.82, 2.24) is 5.32 Å². The van der Waals surface area contributed by atoms with Crippen molar-refractivity contribution in [3.63, 3.8) is 0 Å². The lowest BCUT2D eigenvalue weighted by atomic mass is 10.6. The van der Waals surface area contributed by atoms with Crippen LogP contribution < -0.4 is 5.32 Å². The lowest BCUT2D eigenvalue weighted by molar-refractivity contribution is 0.740. The first-order valence-electron chi connectivity index (χ1n) is 3.75. The van der Waals surface area contributed by atoms with Gasteiger partial charge in [-0.2, -0.15) is 0 Å². The third-order valence-electron chi connectivity index (χ3n) is 1.88. The van der Waals surface area contributed by atoms with Crippen molar-refractivity contribution in [3.05, 3.63) is 0 Å². The van der Waals surface area contributed by atoms with Crippen LogP contribution in [0.4, 0.5) is 0 Å². The number of hydrogen-bond donors (Lipinski definition) is 1. The summed E-state index contributed by atoms with van der Waals surface area (Å²) >= 11 is 0. The normalized spacial score (nSPS) is 23.0.